The summed E-state index contributed by atoms with van der Waals surface area (Å²) in [5.41, 5.74) is 7.19. The van der Waals surface area contributed by atoms with Crippen LogP contribution in [0.4, 0.5) is 0 Å². The number of nitrogens with one attached hydrogen (secondary N) is 1. The highest BCUT2D eigenvalue weighted by Gasteiger charge is 2.29. The van der Waals surface area contributed by atoms with Crippen molar-refractivity contribution in [2.75, 3.05) is 6.54 Å². The molecule has 6 nitrogen and oxygen atoms in total. The lowest BCUT2D eigenvalue weighted by atomic mass is 10.1. The summed E-state index contributed by atoms with van der Waals surface area (Å²) in [5.74, 6) is 0.547. The van der Waals surface area contributed by atoms with Gasteiger partial charge >= 0.3 is 0 Å². The van der Waals surface area contributed by atoms with Gasteiger partial charge in [-0.15, -0.1) is 12.4 Å². The van der Waals surface area contributed by atoms with E-state index >= 15 is 0 Å². The Morgan fingerprint density at radius 1 is 1.30 bits per heavy atom. The van der Waals surface area contributed by atoms with Crippen molar-refractivity contribution in [3.05, 3.63) is 42.4 Å². The molecule has 1 amide bonds. The van der Waals surface area contributed by atoms with E-state index in [0.29, 0.717) is 31.0 Å². The molecule has 1 saturated heterocycles. The number of carbonyl (C=O) groups excluding carboxylic acids is 1. The van der Waals surface area contributed by atoms with Crippen LogP contribution in [0.5, 0.6) is 0 Å². The molecule has 1 fully saturated rings. The molecule has 2 atom stereocenters. The molecule has 23 heavy (non-hydrogen) atoms. The van der Waals surface area contributed by atoms with E-state index in [1.807, 2.05) is 30.3 Å². The van der Waals surface area contributed by atoms with Gasteiger partial charge in [-0.25, -0.2) is 4.98 Å². The zero-order valence-corrected chi connectivity index (χ0v) is 13.4. The summed E-state index contributed by atoms with van der Waals surface area (Å²) in [6.45, 7) is 0.762. The summed E-state index contributed by atoms with van der Waals surface area (Å²) in [6, 6.07) is 9.68. The van der Waals surface area contributed by atoms with Gasteiger partial charge in [-0.2, -0.15) is 0 Å². The Balaban J connectivity index is 0.00000192. The third-order valence-electron chi connectivity index (χ3n) is 3.77. The lowest BCUT2D eigenvalue weighted by Crippen LogP contribution is -2.35. The van der Waals surface area contributed by atoms with E-state index in [4.69, 9.17) is 14.9 Å². The average Bonchev–Trinajstić information content (AvgIpc) is 3.22. The number of carbonyl (C=O) groups is 1. The van der Waals surface area contributed by atoms with Crippen LogP contribution in [0.3, 0.4) is 0 Å². The predicted molar refractivity (Wildman–Crippen MR) is 88.0 cm³/mol. The molecule has 124 valence electrons. The number of hydrogen-bond donors (Lipinski definition) is 2. The van der Waals surface area contributed by atoms with Gasteiger partial charge in [0.15, 0.2) is 12.2 Å². The van der Waals surface area contributed by atoms with Crippen molar-refractivity contribution in [2.24, 2.45) is 5.73 Å². The zero-order valence-electron chi connectivity index (χ0n) is 12.6. The quantitative estimate of drug-likeness (QED) is 0.869. The molecule has 0 bridgehead atoms. The summed E-state index contributed by atoms with van der Waals surface area (Å²) in [5, 5.41) is 2.85. The number of hydrogen-bond acceptors (Lipinski definition) is 5. The van der Waals surface area contributed by atoms with Gasteiger partial charge in [-0.3, -0.25) is 4.79 Å². The lowest BCUT2D eigenvalue weighted by molar-refractivity contribution is -0.132. The molecule has 0 spiro atoms. The first kappa shape index (κ1) is 17.5. The Morgan fingerprint density at radius 2 is 2.09 bits per heavy atom. The molecule has 2 aromatic rings. The van der Waals surface area contributed by atoms with E-state index in [1.54, 1.807) is 0 Å². The van der Waals surface area contributed by atoms with Crippen LogP contribution < -0.4 is 11.1 Å². The number of oxazole rings is 1. The number of nitrogens with two attached hydrogens (primary N) is 1. The monoisotopic (exact) mass is 337 g/mol. The zero-order chi connectivity index (χ0) is 15.4. The van der Waals surface area contributed by atoms with Gasteiger partial charge < -0.3 is 20.2 Å². The summed E-state index contributed by atoms with van der Waals surface area (Å²) in [7, 11) is 0. The van der Waals surface area contributed by atoms with Crippen molar-refractivity contribution in [2.45, 2.75) is 31.6 Å². The smallest absolute Gasteiger partial charge is 0.249 e. The Kier molecular flexibility index (Phi) is 6.15. The summed E-state index contributed by atoms with van der Waals surface area (Å²) in [6.07, 6.45) is 2.50. The standard InChI is InChI=1S/C16H19N3O3.ClH/c17-8-12-6-7-14(22-12)16(20)18-9-13-15(21-10-19-13)11-4-2-1-3-5-11;/h1-5,10,12,14H,6-9,17H2,(H,18,20);1H/t12-,14+;/m1./s1. The van der Waals surface area contributed by atoms with E-state index in [2.05, 4.69) is 10.3 Å². The maximum Gasteiger partial charge on any atom is 0.249 e. The molecule has 3 N–H and O–H groups in total. The van der Waals surface area contributed by atoms with Crippen molar-refractivity contribution in [1.82, 2.24) is 10.3 Å². The van der Waals surface area contributed by atoms with E-state index in [0.717, 1.165) is 12.0 Å². The molecule has 0 saturated carbocycles. The molecule has 7 heteroatoms. The maximum atomic E-state index is 12.1. The average molecular weight is 338 g/mol. The molecule has 0 radical (unpaired) electrons. The molecule has 1 aliphatic rings. The highest BCUT2D eigenvalue weighted by molar-refractivity contribution is 5.85. The highest BCUT2D eigenvalue weighted by Crippen LogP contribution is 2.23. The van der Waals surface area contributed by atoms with Crippen LogP contribution in [0.2, 0.25) is 0 Å². The SMILES string of the molecule is Cl.NC[C@H]1CC[C@@H](C(=O)NCc2ncoc2-c2ccccc2)O1. The lowest BCUT2D eigenvalue weighted by Gasteiger charge is -2.12. The molecular formula is C16H20ClN3O3. The van der Waals surface area contributed by atoms with Gasteiger partial charge in [0.05, 0.1) is 12.6 Å². The Morgan fingerprint density at radius 3 is 2.78 bits per heavy atom. The minimum absolute atomic E-state index is 0. The van der Waals surface area contributed by atoms with Crippen LogP contribution in [-0.2, 0) is 16.1 Å². The largest absolute Gasteiger partial charge is 0.443 e. The number of nitrogens with zero attached hydrogens (tertiary/aromatic N) is 1. The van der Waals surface area contributed by atoms with Crippen molar-refractivity contribution in [3.8, 4) is 11.3 Å². The number of benzene rings is 1. The minimum Gasteiger partial charge on any atom is -0.443 e. The third-order valence-corrected chi connectivity index (χ3v) is 3.77. The molecule has 1 aromatic carbocycles. The fraction of sp³-hybridized carbons (Fsp3) is 0.375. The predicted octanol–water partition coefficient (Wildman–Crippen LogP) is 1.89. The summed E-state index contributed by atoms with van der Waals surface area (Å²) >= 11 is 0. The van der Waals surface area contributed by atoms with Crippen molar-refractivity contribution < 1.29 is 13.9 Å². The Hall–Kier alpha value is -1.89. The van der Waals surface area contributed by atoms with Gasteiger partial charge in [0.25, 0.3) is 0 Å². The first-order valence-corrected chi connectivity index (χ1v) is 7.39. The third kappa shape index (κ3) is 4.10. The molecule has 1 aromatic heterocycles. The van der Waals surface area contributed by atoms with E-state index in [1.165, 1.54) is 6.39 Å². The number of halogens is 1. The molecule has 1 aliphatic heterocycles. The highest BCUT2D eigenvalue weighted by atomic mass is 35.5. The molecule has 3 rings (SSSR count). The summed E-state index contributed by atoms with van der Waals surface area (Å²) < 4.78 is 11.0. The fourth-order valence-electron chi connectivity index (χ4n) is 2.58. The van der Waals surface area contributed by atoms with E-state index in [9.17, 15) is 4.79 Å². The first-order valence-electron chi connectivity index (χ1n) is 7.39. The number of amides is 1. The minimum atomic E-state index is -0.416. The van der Waals surface area contributed by atoms with Crippen LogP contribution in [-0.4, -0.2) is 29.6 Å². The van der Waals surface area contributed by atoms with Gasteiger partial charge in [0.2, 0.25) is 5.91 Å². The maximum absolute atomic E-state index is 12.1. The Bertz CT molecular complexity index is 633. The topological polar surface area (TPSA) is 90.4 Å². The van der Waals surface area contributed by atoms with E-state index in [-0.39, 0.29) is 24.4 Å². The molecule has 0 aliphatic carbocycles. The summed E-state index contributed by atoms with van der Waals surface area (Å²) in [4.78, 5) is 16.3. The van der Waals surface area contributed by atoms with Gasteiger partial charge in [-0.1, -0.05) is 30.3 Å². The van der Waals surface area contributed by atoms with E-state index < -0.39 is 6.10 Å². The second-order valence-corrected chi connectivity index (χ2v) is 5.27. The van der Waals surface area contributed by atoms with Crippen molar-refractivity contribution in [1.29, 1.82) is 0 Å². The number of ether oxygens (including phenoxy) is 1. The number of rotatable bonds is 5. The molecule has 2 heterocycles. The second-order valence-electron chi connectivity index (χ2n) is 5.27. The van der Waals surface area contributed by atoms with Gasteiger partial charge in [-0.05, 0) is 12.8 Å². The fourth-order valence-corrected chi connectivity index (χ4v) is 2.58. The Labute approximate surface area is 140 Å². The molecule has 0 unspecified atom stereocenters. The molecular weight excluding hydrogens is 318 g/mol. The van der Waals surface area contributed by atoms with Gasteiger partial charge in [0.1, 0.15) is 11.8 Å². The van der Waals surface area contributed by atoms with Gasteiger partial charge in [0, 0.05) is 12.1 Å². The van der Waals surface area contributed by atoms with Crippen molar-refractivity contribution in [3.63, 3.8) is 0 Å². The van der Waals surface area contributed by atoms with Crippen molar-refractivity contribution >= 4 is 18.3 Å². The van der Waals surface area contributed by atoms with Crippen LogP contribution in [0.15, 0.2) is 41.1 Å². The van der Waals surface area contributed by atoms with Crippen LogP contribution in [0, 0.1) is 0 Å². The second kappa shape index (κ2) is 8.10. The number of aromatic nitrogens is 1. The first-order chi connectivity index (χ1) is 10.8. The van der Waals surface area contributed by atoms with Crippen LogP contribution in [0.25, 0.3) is 11.3 Å². The normalized spacial score (nSPS) is 20.0. The van der Waals surface area contributed by atoms with Crippen LogP contribution in [0.1, 0.15) is 18.5 Å². The van der Waals surface area contributed by atoms with Crippen LogP contribution >= 0.6 is 12.4 Å².